The average molecular weight is 361 g/mol. The lowest BCUT2D eigenvalue weighted by Crippen LogP contribution is -2.28. The molecule has 4 nitrogen and oxygen atoms in total. The van der Waals surface area contributed by atoms with Crippen molar-refractivity contribution in [2.45, 2.75) is 6.92 Å². The molecule has 0 spiro atoms. The third kappa shape index (κ3) is 5.11. The number of amides is 1. The normalized spacial score (nSPS) is 10.3. The van der Waals surface area contributed by atoms with Gasteiger partial charge in [0.05, 0.1) is 13.7 Å². The predicted octanol–water partition coefficient (Wildman–Crippen LogP) is 4.48. The van der Waals surface area contributed by atoms with Crippen molar-refractivity contribution in [2.24, 2.45) is 0 Å². The van der Waals surface area contributed by atoms with E-state index in [0.29, 0.717) is 18.7 Å². The van der Waals surface area contributed by atoms with E-state index in [9.17, 15) is 4.79 Å². The second-order valence-corrected chi connectivity index (χ2v) is 6.23. The maximum absolute atomic E-state index is 12.4. The van der Waals surface area contributed by atoms with Gasteiger partial charge in [0.1, 0.15) is 18.1 Å². The summed E-state index contributed by atoms with van der Waals surface area (Å²) in [6.45, 7) is 2.90. The molecule has 0 radical (unpaired) electrons. The minimum absolute atomic E-state index is 0.113. The minimum Gasteiger partial charge on any atom is -0.497 e. The highest BCUT2D eigenvalue weighted by Crippen LogP contribution is 2.23. The quantitative estimate of drug-likeness (QED) is 0.631. The summed E-state index contributed by atoms with van der Waals surface area (Å²) in [4.78, 5) is 12.4. The number of carbonyl (C=O) groups is 1. The van der Waals surface area contributed by atoms with Gasteiger partial charge in [0, 0.05) is 5.56 Å². The van der Waals surface area contributed by atoms with Crippen molar-refractivity contribution >= 4 is 5.91 Å². The van der Waals surface area contributed by atoms with E-state index in [4.69, 9.17) is 9.47 Å². The molecule has 4 heteroatoms. The first-order chi connectivity index (χ1) is 13.2. The van der Waals surface area contributed by atoms with Crippen molar-refractivity contribution in [3.63, 3.8) is 0 Å². The molecule has 27 heavy (non-hydrogen) atoms. The number of ether oxygens (including phenoxy) is 2. The van der Waals surface area contributed by atoms with Gasteiger partial charge < -0.3 is 14.8 Å². The van der Waals surface area contributed by atoms with Crippen molar-refractivity contribution in [3.8, 4) is 22.6 Å². The van der Waals surface area contributed by atoms with Crippen molar-refractivity contribution in [1.82, 2.24) is 5.32 Å². The molecule has 0 atom stereocenters. The summed E-state index contributed by atoms with van der Waals surface area (Å²) >= 11 is 0. The molecule has 0 saturated carbocycles. The lowest BCUT2D eigenvalue weighted by atomic mass is 10.0. The molecule has 3 rings (SSSR count). The van der Waals surface area contributed by atoms with Crippen LogP contribution in [0.15, 0.2) is 72.8 Å². The highest BCUT2D eigenvalue weighted by Gasteiger charge is 2.07. The Labute approximate surface area is 159 Å². The smallest absolute Gasteiger partial charge is 0.251 e. The predicted molar refractivity (Wildman–Crippen MR) is 107 cm³/mol. The molecule has 0 bridgehead atoms. The fourth-order valence-corrected chi connectivity index (χ4v) is 2.69. The molecule has 0 saturated heterocycles. The van der Waals surface area contributed by atoms with Crippen LogP contribution in [0.25, 0.3) is 11.1 Å². The zero-order valence-corrected chi connectivity index (χ0v) is 15.6. The van der Waals surface area contributed by atoms with E-state index in [1.165, 1.54) is 5.56 Å². The number of carbonyl (C=O) groups excluding carboxylic acids is 1. The lowest BCUT2D eigenvalue weighted by molar-refractivity contribution is 0.0947. The Bertz CT molecular complexity index is 886. The van der Waals surface area contributed by atoms with Gasteiger partial charge in [0.25, 0.3) is 5.91 Å². The van der Waals surface area contributed by atoms with Crippen molar-refractivity contribution in [3.05, 3.63) is 83.9 Å². The maximum atomic E-state index is 12.4. The number of benzene rings is 3. The van der Waals surface area contributed by atoms with E-state index in [1.807, 2.05) is 79.7 Å². The molecule has 0 aromatic heterocycles. The molecule has 0 unspecified atom stereocenters. The third-order valence-electron chi connectivity index (χ3n) is 4.23. The molecular formula is C23H23NO3. The van der Waals surface area contributed by atoms with Gasteiger partial charge in [-0.3, -0.25) is 4.79 Å². The summed E-state index contributed by atoms with van der Waals surface area (Å²) < 4.78 is 10.8. The molecule has 0 aliphatic rings. The standard InChI is InChI=1S/C23H23NO3/c1-17-6-10-22(11-7-17)27-15-14-24-23(25)20-5-3-4-19(16-20)18-8-12-21(26-2)13-9-18/h3-13,16H,14-15H2,1-2H3,(H,24,25). The monoisotopic (exact) mass is 361 g/mol. The first kappa shape index (κ1) is 18.5. The number of nitrogens with one attached hydrogen (secondary N) is 1. The SMILES string of the molecule is COc1ccc(-c2cccc(C(=O)NCCOc3ccc(C)cc3)c2)cc1. The summed E-state index contributed by atoms with van der Waals surface area (Å²) in [6, 6.07) is 23.2. The van der Waals surface area contributed by atoms with Crippen LogP contribution in [0.4, 0.5) is 0 Å². The topological polar surface area (TPSA) is 47.6 Å². The van der Waals surface area contributed by atoms with Gasteiger partial charge in [-0.05, 0) is 54.4 Å². The Morgan fingerprint density at radius 1 is 0.889 bits per heavy atom. The molecule has 3 aromatic carbocycles. The second kappa shape index (κ2) is 8.90. The van der Waals surface area contributed by atoms with E-state index >= 15 is 0 Å². The molecule has 3 aromatic rings. The Hall–Kier alpha value is -3.27. The van der Waals surface area contributed by atoms with Gasteiger partial charge in [-0.15, -0.1) is 0 Å². The number of hydrogen-bond acceptors (Lipinski definition) is 3. The summed E-state index contributed by atoms with van der Waals surface area (Å²) in [6.07, 6.45) is 0. The van der Waals surface area contributed by atoms with Gasteiger partial charge >= 0.3 is 0 Å². The number of aryl methyl sites for hydroxylation is 1. The largest absolute Gasteiger partial charge is 0.497 e. The summed E-state index contributed by atoms with van der Waals surface area (Å²) in [5.74, 6) is 1.50. The van der Waals surface area contributed by atoms with E-state index in [1.54, 1.807) is 7.11 Å². The van der Waals surface area contributed by atoms with Crippen LogP contribution >= 0.6 is 0 Å². The van der Waals surface area contributed by atoms with Crippen LogP contribution in [0.5, 0.6) is 11.5 Å². The van der Waals surface area contributed by atoms with E-state index in [-0.39, 0.29) is 5.91 Å². The van der Waals surface area contributed by atoms with Gasteiger partial charge in [0.2, 0.25) is 0 Å². The van der Waals surface area contributed by atoms with Crippen LogP contribution in [0.3, 0.4) is 0 Å². The zero-order valence-electron chi connectivity index (χ0n) is 15.6. The van der Waals surface area contributed by atoms with Crippen LogP contribution in [0, 0.1) is 6.92 Å². The first-order valence-electron chi connectivity index (χ1n) is 8.88. The van der Waals surface area contributed by atoms with Gasteiger partial charge in [-0.2, -0.15) is 0 Å². The van der Waals surface area contributed by atoms with Crippen LogP contribution < -0.4 is 14.8 Å². The average Bonchev–Trinajstić information content (AvgIpc) is 2.72. The van der Waals surface area contributed by atoms with E-state index < -0.39 is 0 Å². The molecule has 0 aliphatic heterocycles. The fourth-order valence-electron chi connectivity index (χ4n) is 2.69. The lowest BCUT2D eigenvalue weighted by Gasteiger charge is -2.09. The minimum atomic E-state index is -0.113. The van der Waals surface area contributed by atoms with Crippen molar-refractivity contribution in [2.75, 3.05) is 20.3 Å². The molecule has 138 valence electrons. The highest BCUT2D eigenvalue weighted by atomic mass is 16.5. The Morgan fingerprint density at radius 2 is 1.59 bits per heavy atom. The van der Waals surface area contributed by atoms with Crippen LogP contribution in [-0.4, -0.2) is 26.2 Å². The maximum Gasteiger partial charge on any atom is 0.251 e. The number of rotatable bonds is 7. The first-order valence-corrected chi connectivity index (χ1v) is 8.88. The molecule has 0 heterocycles. The van der Waals surface area contributed by atoms with Crippen molar-refractivity contribution in [1.29, 1.82) is 0 Å². The second-order valence-electron chi connectivity index (χ2n) is 6.23. The zero-order chi connectivity index (χ0) is 19.1. The highest BCUT2D eigenvalue weighted by molar-refractivity contribution is 5.95. The van der Waals surface area contributed by atoms with Crippen LogP contribution in [0.1, 0.15) is 15.9 Å². The van der Waals surface area contributed by atoms with E-state index in [2.05, 4.69) is 5.32 Å². The number of hydrogen-bond donors (Lipinski definition) is 1. The molecule has 1 N–H and O–H groups in total. The Kier molecular flexibility index (Phi) is 6.10. The summed E-state index contributed by atoms with van der Waals surface area (Å²) in [5, 5.41) is 2.89. The number of methoxy groups -OCH3 is 1. The van der Waals surface area contributed by atoms with Crippen LogP contribution in [0.2, 0.25) is 0 Å². The molecular weight excluding hydrogens is 338 g/mol. The Morgan fingerprint density at radius 3 is 2.30 bits per heavy atom. The molecule has 0 fully saturated rings. The molecule has 1 amide bonds. The summed E-state index contributed by atoms with van der Waals surface area (Å²) in [5.41, 5.74) is 3.83. The van der Waals surface area contributed by atoms with Crippen molar-refractivity contribution < 1.29 is 14.3 Å². The van der Waals surface area contributed by atoms with Crippen LogP contribution in [-0.2, 0) is 0 Å². The van der Waals surface area contributed by atoms with Gasteiger partial charge in [-0.1, -0.05) is 42.0 Å². The molecule has 0 aliphatic carbocycles. The van der Waals surface area contributed by atoms with Gasteiger partial charge in [0.15, 0.2) is 0 Å². The Balaban J connectivity index is 1.55. The van der Waals surface area contributed by atoms with Gasteiger partial charge in [-0.25, -0.2) is 0 Å². The third-order valence-corrected chi connectivity index (χ3v) is 4.23. The summed E-state index contributed by atoms with van der Waals surface area (Å²) in [7, 11) is 1.64. The fraction of sp³-hybridized carbons (Fsp3) is 0.174. The van der Waals surface area contributed by atoms with E-state index in [0.717, 1.165) is 22.6 Å².